The molecular weight excluding hydrogens is 497 g/mol. The van der Waals surface area contributed by atoms with E-state index in [1.807, 2.05) is 4.74 Å². The Labute approximate surface area is 150 Å². The van der Waals surface area contributed by atoms with Crippen LogP contribution < -0.4 is 0 Å². The molecule has 0 saturated heterocycles. The Balaban J connectivity index is 5.82. The Kier molecular flexibility index (Phi) is 7.01. The molecular formula is C10H3F19O. The van der Waals surface area contributed by atoms with Gasteiger partial charge in [-0.15, -0.1) is 0 Å². The fraction of sp³-hybridized carbons (Fsp3) is 1.00. The smallest absolute Gasteiger partial charge is 0.311 e. The van der Waals surface area contributed by atoms with Crippen LogP contribution >= 0.6 is 0 Å². The van der Waals surface area contributed by atoms with Crippen molar-refractivity contribution in [2.75, 3.05) is 6.61 Å². The normalized spacial score (nSPS) is 17.3. The van der Waals surface area contributed by atoms with E-state index in [4.69, 9.17) is 0 Å². The molecule has 1 atom stereocenters. The van der Waals surface area contributed by atoms with E-state index >= 15 is 0 Å². The first kappa shape index (κ1) is 28.6. The first-order valence-corrected chi connectivity index (χ1v) is 6.29. The number of hydrogen-bond acceptors (Lipinski definition) is 1. The highest BCUT2D eigenvalue weighted by Gasteiger charge is 2.83. The number of alkyl halides is 19. The third-order valence-corrected chi connectivity index (χ3v) is 3.04. The van der Waals surface area contributed by atoms with Crippen LogP contribution in [0.5, 0.6) is 0 Å². The fourth-order valence-corrected chi connectivity index (χ4v) is 1.32. The van der Waals surface area contributed by atoms with E-state index in [1.165, 1.54) is 0 Å². The molecule has 0 aliphatic rings. The summed E-state index contributed by atoms with van der Waals surface area (Å²) in [6.07, 6.45) is -28.0. The summed E-state index contributed by atoms with van der Waals surface area (Å²) >= 11 is 0. The van der Waals surface area contributed by atoms with Crippen LogP contribution in [0.25, 0.3) is 0 Å². The predicted octanol–water partition coefficient (Wildman–Crippen LogP) is 6.24. The van der Waals surface area contributed by atoms with Crippen molar-refractivity contribution >= 4 is 0 Å². The van der Waals surface area contributed by atoms with Gasteiger partial charge in [0, 0.05) is 0 Å². The lowest BCUT2D eigenvalue weighted by Gasteiger charge is -2.36. The Morgan fingerprint density at radius 2 is 0.833 bits per heavy atom. The van der Waals surface area contributed by atoms with Crippen molar-refractivity contribution in [2.24, 2.45) is 0 Å². The molecule has 30 heavy (non-hydrogen) atoms. The summed E-state index contributed by atoms with van der Waals surface area (Å²) in [5.41, 5.74) is 0. The highest BCUT2D eigenvalue weighted by atomic mass is 19.4. The highest BCUT2D eigenvalue weighted by molar-refractivity contribution is 5.02. The molecule has 182 valence electrons. The van der Waals surface area contributed by atoms with Gasteiger partial charge in [0.1, 0.15) is 6.61 Å². The van der Waals surface area contributed by atoms with Gasteiger partial charge in [0.05, 0.1) is 0 Å². The first-order valence-electron chi connectivity index (χ1n) is 6.29. The van der Waals surface area contributed by atoms with Gasteiger partial charge in [-0.05, 0) is 0 Å². The molecule has 0 spiro atoms. The molecule has 1 nitrogen and oxygen atoms in total. The average Bonchev–Trinajstić information content (AvgIpc) is 2.49. The maximum absolute atomic E-state index is 12.9. The zero-order valence-electron chi connectivity index (χ0n) is 12.9. The lowest BCUT2D eigenvalue weighted by molar-refractivity contribution is -0.420. The van der Waals surface area contributed by atoms with Gasteiger partial charge in [0.2, 0.25) is 0 Å². The Bertz CT molecular complexity index is 597. The van der Waals surface area contributed by atoms with Crippen LogP contribution in [0.4, 0.5) is 83.4 Å². The van der Waals surface area contributed by atoms with Crippen LogP contribution in [-0.2, 0) is 4.74 Å². The standard InChI is InChI=1S/C10H3F19O/c11-2(4(14,15)7(20,21)9(24,25)26)5(16,17)30-1-3(12,13)6(18,19)8(22,23)10(27,28)29/h2H,1H2. The molecule has 0 N–H and O–H groups in total. The number of rotatable bonds is 8. The molecule has 0 fully saturated rings. The van der Waals surface area contributed by atoms with Crippen LogP contribution in [0, 0.1) is 0 Å². The lowest BCUT2D eigenvalue weighted by atomic mass is 10.0. The Morgan fingerprint density at radius 3 is 1.13 bits per heavy atom. The molecule has 0 aliphatic carbocycles. The Morgan fingerprint density at radius 1 is 0.500 bits per heavy atom. The maximum atomic E-state index is 12.9. The monoisotopic (exact) mass is 500 g/mol. The third kappa shape index (κ3) is 4.46. The lowest BCUT2D eigenvalue weighted by Crippen LogP contribution is -2.64. The number of hydrogen-bond donors (Lipinski definition) is 0. The van der Waals surface area contributed by atoms with E-state index in [9.17, 15) is 83.4 Å². The van der Waals surface area contributed by atoms with Gasteiger partial charge in [-0.1, -0.05) is 0 Å². The summed E-state index contributed by atoms with van der Waals surface area (Å²) in [5.74, 6) is -37.5. The zero-order valence-corrected chi connectivity index (χ0v) is 12.9. The molecule has 0 rings (SSSR count). The fourth-order valence-electron chi connectivity index (χ4n) is 1.32. The maximum Gasteiger partial charge on any atom is 0.460 e. The molecule has 0 aromatic heterocycles. The number of halogens is 19. The van der Waals surface area contributed by atoms with Crippen molar-refractivity contribution in [3.05, 3.63) is 0 Å². The van der Waals surface area contributed by atoms with E-state index in [1.54, 1.807) is 0 Å². The summed E-state index contributed by atoms with van der Waals surface area (Å²) in [6.45, 7) is -4.15. The van der Waals surface area contributed by atoms with Crippen LogP contribution in [0.1, 0.15) is 0 Å². The van der Waals surface area contributed by atoms with E-state index in [-0.39, 0.29) is 0 Å². The predicted molar refractivity (Wildman–Crippen MR) is 52.6 cm³/mol. The van der Waals surface area contributed by atoms with Crippen molar-refractivity contribution in [3.8, 4) is 0 Å². The first-order chi connectivity index (χ1) is 12.6. The largest absolute Gasteiger partial charge is 0.460 e. The summed E-state index contributed by atoms with van der Waals surface area (Å²) in [5, 5.41) is 0. The van der Waals surface area contributed by atoms with E-state index in [0.717, 1.165) is 0 Å². The molecule has 0 bridgehead atoms. The molecule has 0 heterocycles. The number of ether oxygens (including phenoxy) is 1. The minimum Gasteiger partial charge on any atom is -0.311 e. The summed E-state index contributed by atoms with van der Waals surface area (Å²) in [6, 6.07) is 0. The summed E-state index contributed by atoms with van der Waals surface area (Å²) in [4.78, 5) is 0. The van der Waals surface area contributed by atoms with Crippen molar-refractivity contribution < 1.29 is 88.2 Å². The van der Waals surface area contributed by atoms with E-state index in [0.29, 0.717) is 0 Å². The minimum absolute atomic E-state index is 2.02. The third-order valence-electron chi connectivity index (χ3n) is 3.04. The van der Waals surface area contributed by atoms with E-state index in [2.05, 4.69) is 0 Å². The van der Waals surface area contributed by atoms with Gasteiger partial charge >= 0.3 is 48.1 Å². The SMILES string of the molecule is FC(C(F)(F)OCC(F)(F)C(F)(F)C(F)(F)C(F)(F)F)C(F)(F)C(F)(F)C(F)(F)F. The van der Waals surface area contributed by atoms with Crippen LogP contribution in [-0.4, -0.2) is 60.9 Å². The Hall–Kier alpha value is -1.37. The molecule has 0 saturated carbocycles. The van der Waals surface area contributed by atoms with Gasteiger partial charge in [0.15, 0.2) is 0 Å². The second-order valence-electron chi connectivity index (χ2n) is 5.26. The molecule has 0 amide bonds. The van der Waals surface area contributed by atoms with Crippen LogP contribution in [0.3, 0.4) is 0 Å². The van der Waals surface area contributed by atoms with Crippen molar-refractivity contribution in [1.29, 1.82) is 0 Å². The van der Waals surface area contributed by atoms with Gasteiger partial charge in [-0.3, -0.25) is 0 Å². The zero-order chi connectivity index (χ0) is 25.0. The quantitative estimate of drug-likeness (QED) is 0.359. The van der Waals surface area contributed by atoms with Gasteiger partial charge in [-0.2, -0.15) is 79.0 Å². The van der Waals surface area contributed by atoms with Gasteiger partial charge in [-0.25, -0.2) is 4.39 Å². The molecule has 0 aromatic rings. The summed E-state index contributed by atoms with van der Waals surface area (Å²) in [7, 11) is 0. The molecule has 0 radical (unpaired) electrons. The van der Waals surface area contributed by atoms with Gasteiger partial charge < -0.3 is 4.74 Å². The van der Waals surface area contributed by atoms with Gasteiger partial charge in [0.25, 0.3) is 6.17 Å². The molecule has 20 heteroatoms. The highest BCUT2D eigenvalue weighted by Crippen LogP contribution is 2.55. The van der Waals surface area contributed by atoms with Crippen molar-refractivity contribution in [3.63, 3.8) is 0 Å². The van der Waals surface area contributed by atoms with Crippen molar-refractivity contribution in [2.45, 2.75) is 54.2 Å². The average molecular weight is 500 g/mol. The second kappa shape index (κ2) is 7.35. The van der Waals surface area contributed by atoms with Crippen molar-refractivity contribution in [1.82, 2.24) is 0 Å². The topological polar surface area (TPSA) is 9.23 Å². The molecule has 1 unspecified atom stereocenters. The minimum atomic E-state index is -7.68. The second-order valence-corrected chi connectivity index (χ2v) is 5.26. The van der Waals surface area contributed by atoms with E-state index < -0.39 is 60.9 Å². The molecule has 0 aromatic carbocycles. The van der Waals surface area contributed by atoms with Crippen LogP contribution in [0.15, 0.2) is 0 Å². The summed E-state index contributed by atoms with van der Waals surface area (Å²) < 4.78 is 238. The molecule has 0 aliphatic heterocycles. The van der Waals surface area contributed by atoms with Crippen LogP contribution in [0.2, 0.25) is 0 Å².